The maximum atomic E-state index is 14.1. The van der Waals surface area contributed by atoms with E-state index in [-0.39, 0.29) is 22.3 Å². The van der Waals surface area contributed by atoms with Crippen LogP contribution in [0.4, 0.5) is 20.2 Å². The summed E-state index contributed by atoms with van der Waals surface area (Å²) in [7, 11) is 0. The fourth-order valence-corrected chi connectivity index (χ4v) is 4.79. The number of aromatic hydroxyl groups is 1. The van der Waals surface area contributed by atoms with Crippen molar-refractivity contribution in [1.29, 1.82) is 0 Å². The Balaban J connectivity index is 1.56. The molecule has 168 valence electrons. The summed E-state index contributed by atoms with van der Waals surface area (Å²) in [5.41, 5.74) is 7.19. The van der Waals surface area contributed by atoms with Crippen LogP contribution in [0.5, 0.6) is 5.75 Å². The third-order valence-corrected chi connectivity index (χ3v) is 6.37. The Labute approximate surface area is 187 Å². The number of piperidine rings is 1. The van der Waals surface area contributed by atoms with Crippen LogP contribution in [0.2, 0.25) is 0 Å². The number of thiazole rings is 1. The van der Waals surface area contributed by atoms with Gasteiger partial charge in [-0.05, 0) is 18.4 Å². The first-order chi connectivity index (χ1) is 15.4. The Kier molecular flexibility index (Phi) is 6.33. The van der Waals surface area contributed by atoms with Gasteiger partial charge >= 0.3 is 0 Å². The van der Waals surface area contributed by atoms with Gasteiger partial charge in [-0.25, -0.2) is 13.8 Å². The second kappa shape index (κ2) is 9.17. The van der Waals surface area contributed by atoms with Crippen LogP contribution in [0.1, 0.15) is 30.3 Å². The number of hydrogen-bond acceptors (Lipinski definition) is 7. The first kappa shape index (κ1) is 22.1. The summed E-state index contributed by atoms with van der Waals surface area (Å²) in [4.78, 5) is 23.2. The molecule has 1 fully saturated rings. The molecule has 3 aromatic rings. The number of aromatic nitrogens is 2. The van der Waals surface area contributed by atoms with Crippen LogP contribution in [-0.2, 0) is 0 Å². The normalized spacial score (nSPS) is 18.6. The van der Waals surface area contributed by atoms with Crippen molar-refractivity contribution >= 4 is 28.6 Å². The van der Waals surface area contributed by atoms with Gasteiger partial charge in [0, 0.05) is 42.8 Å². The van der Waals surface area contributed by atoms with Crippen LogP contribution in [-0.4, -0.2) is 40.1 Å². The molecule has 4 rings (SSSR count). The largest absolute Gasteiger partial charge is 0.508 e. The topological polar surface area (TPSA) is 104 Å². The van der Waals surface area contributed by atoms with Crippen molar-refractivity contribution < 1.29 is 18.7 Å². The number of phenolic OH excluding ortho intramolecular Hbond substituents is 1. The molecule has 2 atom stereocenters. The van der Waals surface area contributed by atoms with E-state index in [2.05, 4.69) is 27.1 Å². The van der Waals surface area contributed by atoms with Gasteiger partial charge in [0.2, 0.25) is 0 Å². The van der Waals surface area contributed by atoms with Crippen LogP contribution in [0.15, 0.2) is 36.0 Å². The molecule has 10 heteroatoms. The summed E-state index contributed by atoms with van der Waals surface area (Å²) in [5, 5.41) is 13.6. The lowest BCUT2D eigenvalue weighted by atomic mass is 9.92. The van der Waals surface area contributed by atoms with Crippen molar-refractivity contribution in [1.82, 2.24) is 9.97 Å². The maximum Gasteiger partial charge on any atom is 0.275 e. The van der Waals surface area contributed by atoms with Crippen LogP contribution in [0.25, 0.3) is 10.6 Å². The standard InChI is InChI=1S/C22H23F2N5O2S/c1-2-12-5-13(25)10-29(9-12)19-3-4-26-8-17(19)27-21(31)18-11-32-22(28-18)20-15(23)6-14(30)7-16(20)24/h3-4,6-8,11-13,30H,2,5,9-10,25H2,1H3,(H,27,31). The number of anilines is 2. The fourth-order valence-electron chi connectivity index (χ4n) is 3.94. The average Bonchev–Trinajstić information content (AvgIpc) is 3.22. The molecule has 2 aromatic heterocycles. The summed E-state index contributed by atoms with van der Waals surface area (Å²) in [6.45, 7) is 3.64. The van der Waals surface area contributed by atoms with Crippen LogP contribution >= 0.6 is 11.3 Å². The second-order valence-corrected chi connectivity index (χ2v) is 8.70. The second-order valence-electron chi connectivity index (χ2n) is 7.84. The van der Waals surface area contributed by atoms with Crippen molar-refractivity contribution in [2.45, 2.75) is 25.8 Å². The van der Waals surface area contributed by atoms with E-state index in [1.54, 1.807) is 12.4 Å². The van der Waals surface area contributed by atoms with Gasteiger partial charge in [0.25, 0.3) is 5.91 Å². The SMILES string of the molecule is CCC1CC(N)CN(c2ccncc2NC(=O)c2csc(-c3c(F)cc(O)cc3F)n2)C1. The highest BCUT2D eigenvalue weighted by atomic mass is 32.1. The predicted molar refractivity (Wildman–Crippen MR) is 120 cm³/mol. The molecule has 1 aliphatic heterocycles. The molecule has 1 saturated heterocycles. The number of carbonyl (C=O) groups is 1. The average molecular weight is 460 g/mol. The van der Waals surface area contributed by atoms with E-state index in [0.717, 1.165) is 48.5 Å². The maximum absolute atomic E-state index is 14.1. The minimum Gasteiger partial charge on any atom is -0.508 e. The molecule has 0 saturated carbocycles. The number of nitrogens with one attached hydrogen (secondary N) is 1. The molecular weight excluding hydrogens is 436 g/mol. The first-order valence-corrected chi connectivity index (χ1v) is 11.1. The van der Waals surface area contributed by atoms with Gasteiger partial charge in [-0.2, -0.15) is 0 Å². The van der Waals surface area contributed by atoms with Crippen molar-refractivity contribution in [2.75, 3.05) is 23.3 Å². The molecule has 4 N–H and O–H groups in total. The molecule has 7 nitrogen and oxygen atoms in total. The molecule has 1 aliphatic rings. The van der Waals surface area contributed by atoms with E-state index >= 15 is 0 Å². The van der Waals surface area contributed by atoms with Gasteiger partial charge in [-0.15, -0.1) is 11.3 Å². The molecule has 0 spiro atoms. The van der Waals surface area contributed by atoms with Gasteiger partial charge in [-0.3, -0.25) is 9.78 Å². The van der Waals surface area contributed by atoms with Crippen LogP contribution in [0, 0.1) is 17.6 Å². The van der Waals surface area contributed by atoms with Gasteiger partial charge in [0.05, 0.1) is 23.1 Å². The molecule has 3 heterocycles. The highest BCUT2D eigenvalue weighted by Crippen LogP contribution is 2.33. The van der Waals surface area contributed by atoms with E-state index in [1.165, 1.54) is 5.38 Å². The minimum absolute atomic E-state index is 0.00403. The van der Waals surface area contributed by atoms with E-state index in [4.69, 9.17) is 5.73 Å². The first-order valence-electron chi connectivity index (χ1n) is 10.3. The van der Waals surface area contributed by atoms with Crippen molar-refractivity contribution in [3.63, 3.8) is 0 Å². The molecular formula is C22H23F2N5O2S. The van der Waals surface area contributed by atoms with E-state index < -0.39 is 23.3 Å². The Bertz CT molecular complexity index is 1120. The number of nitrogens with two attached hydrogens (primary N) is 1. The summed E-state index contributed by atoms with van der Waals surface area (Å²) < 4.78 is 28.3. The van der Waals surface area contributed by atoms with Crippen molar-refractivity contribution in [3.8, 4) is 16.3 Å². The van der Waals surface area contributed by atoms with E-state index in [0.29, 0.717) is 18.2 Å². The summed E-state index contributed by atoms with van der Waals surface area (Å²) >= 11 is 0.935. The molecule has 1 aromatic carbocycles. The monoisotopic (exact) mass is 459 g/mol. The fraction of sp³-hybridized carbons (Fsp3) is 0.318. The number of halogens is 2. The number of benzene rings is 1. The van der Waals surface area contributed by atoms with Gasteiger partial charge in [-0.1, -0.05) is 13.3 Å². The van der Waals surface area contributed by atoms with Gasteiger partial charge in [0.1, 0.15) is 28.1 Å². The molecule has 0 bridgehead atoms. The number of amides is 1. The Morgan fingerprint density at radius 3 is 2.81 bits per heavy atom. The lowest BCUT2D eigenvalue weighted by molar-refractivity contribution is 0.102. The number of carbonyl (C=O) groups excluding carboxylic acids is 1. The summed E-state index contributed by atoms with van der Waals surface area (Å²) in [5.74, 6) is -2.48. The van der Waals surface area contributed by atoms with E-state index in [1.807, 2.05) is 6.07 Å². The zero-order valence-corrected chi connectivity index (χ0v) is 18.2. The highest BCUT2D eigenvalue weighted by Gasteiger charge is 2.26. The highest BCUT2D eigenvalue weighted by molar-refractivity contribution is 7.13. The number of pyridine rings is 1. The van der Waals surface area contributed by atoms with Crippen LogP contribution < -0.4 is 16.0 Å². The third-order valence-electron chi connectivity index (χ3n) is 5.51. The Hall–Kier alpha value is -3.11. The lowest BCUT2D eigenvalue weighted by Gasteiger charge is -2.38. The van der Waals surface area contributed by atoms with Gasteiger partial charge < -0.3 is 21.1 Å². The quantitative estimate of drug-likeness (QED) is 0.533. The van der Waals surface area contributed by atoms with Crippen molar-refractivity contribution in [3.05, 3.63) is 53.3 Å². The zero-order valence-electron chi connectivity index (χ0n) is 17.4. The Morgan fingerprint density at radius 2 is 2.09 bits per heavy atom. The van der Waals surface area contributed by atoms with Crippen LogP contribution in [0.3, 0.4) is 0 Å². The predicted octanol–water partition coefficient (Wildman–Crippen LogP) is 4.00. The number of nitrogens with zero attached hydrogens (tertiary/aromatic N) is 3. The van der Waals surface area contributed by atoms with Gasteiger partial charge in [0.15, 0.2) is 0 Å². The number of rotatable bonds is 5. The Morgan fingerprint density at radius 1 is 1.34 bits per heavy atom. The number of phenols is 1. The molecule has 0 aliphatic carbocycles. The minimum atomic E-state index is -0.953. The third kappa shape index (κ3) is 4.56. The molecule has 1 amide bonds. The lowest BCUT2D eigenvalue weighted by Crippen LogP contribution is -2.47. The molecule has 2 unspecified atom stereocenters. The zero-order chi connectivity index (χ0) is 22.8. The van der Waals surface area contributed by atoms with Crippen molar-refractivity contribution in [2.24, 2.45) is 11.7 Å². The number of hydrogen-bond donors (Lipinski definition) is 3. The molecule has 32 heavy (non-hydrogen) atoms. The summed E-state index contributed by atoms with van der Waals surface area (Å²) in [6.07, 6.45) is 5.19. The smallest absolute Gasteiger partial charge is 0.275 e. The summed E-state index contributed by atoms with van der Waals surface area (Å²) in [6, 6.07) is 3.47. The molecule has 0 radical (unpaired) electrons. The van der Waals surface area contributed by atoms with E-state index in [9.17, 15) is 18.7 Å².